The number of pyridine rings is 1. The number of rotatable bonds is 4. The lowest BCUT2D eigenvalue weighted by Crippen LogP contribution is -2.14. The van der Waals surface area contributed by atoms with E-state index in [-0.39, 0.29) is 18.1 Å². The van der Waals surface area contributed by atoms with Crippen LogP contribution in [0.2, 0.25) is 0 Å². The maximum atomic E-state index is 12.2. The van der Waals surface area contributed by atoms with Crippen molar-refractivity contribution in [2.75, 3.05) is 5.32 Å². The van der Waals surface area contributed by atoms with Gasteiger partial charge in [0.05, 0.1) is 17.6 Å². The van der Waals surface area contributed by atoms with Crippen molar-refractivity contribution in [1.82, 2.24) is 4.98 Å². The van der Waals surface area contributed by atoms with Crippen LogP contribution in [0.3, 0.4) is 0 Å². The monoisotopic (exact) mass is 304 g/mol. The Labute approximate surface area is 134 Å². The van der Waals surface area contributed by atoms with Crippen molar-refractivity contribution in [2.24, 2.45) is 0 Å². The van der Waals surface area contributed by atoms with Gasteiger partial charge >= 0.3 is 0 Å². The standard InChI is InChI=1S/C19H16N2O2/c1-13(22)15-9-7-14(8-10-15)12-18(23)21-17-6-2-4-16-5-3-11-20-19(16)17/h2-11H,12H2,1H3,(H,21,23). The molecule has 0 spiro atoms. The van der Waals surface area contributed by atoms with Crippen LogP contribution in [0.15, 0.2) is 60.8 Å². The molecular weight excluding hydrogens is 288 g/mol. The molecule has 3 rings (SSSR count). The zero-order valence-electron chi connectivity index (χ0n) is 12.7. The van der Waals surface area contributed by atoms with Crippen LogP contribution in [0.1, 0.15) is 22.8 Å². The molecule has 4 heteroatoms. The predicted molar refractivity (Wildman–Crippen MR) is 90.5 cm³/mol. The first kappa shape index (κ1) is 14.9. The summed E-state index contributed by atoms with van der Waals surface area (Å²) in [5, 5.41) is 3.88. The Kier molecular flexibility index (Phi) is 4.15. The Balaban J connectivity index is 1.75. The summed E-state index contributed by atoms with van der Waals surface area (Å²) < 4.78 is 0. The van der Waals surface area contributed by atoms with Gasteiger partial charge in [0.15, 0.2) is 5.78 Å². The van der Waals surface area contributed by atoms with E-state index in [1.165, 1.54) is 6.92 Å². The van der Waals surface area contributed by atoms with Gasteiger partial charge in [-0.25, -0.2) is 0 Å². The van der Waals surface area contributed by atoms with Crippen molar-refractivity contribution in [2.45, 2.75) is 13.3 Å². The Morgan fingerprint density at radius 1 is 1.00 bits per heavy atom. The molecule has 1 aromatic heterocycles. The van der Waals surface area contributed by atoms with Gasteiger partial charge in [-0.15, -0.1) is 0 Å². The highest BCUT2D eigenvalue weighted by atomic mass is 16.1. The van der Waals surface area contributed by atoms with E-state index in [0.717, 1.165) is 16.5 Å². The molecule has 114 valence electrons. The molecule has 0 aliphatic rings. The minimum Gasteiger partial charge on any atom is -0.324 e. The lowest BCUT2D eigenvalue weighted by molar-refractivity contribution is -0.115. The molecule has 0 aliphatic heterocycles. The molecule has 0 aliphatic carbocycles. The number of carbonyl (C=O) groups is 2. The molecule has 0 bridgehead atoms. The maximum absolute atomic E-state index is 12.2. The Morgan fingerprint density at radius 3 is 2.48 bits per heavy atom. The molecule has 0 atom stereocenters. The van der Waals surface area contributed by atoms with Crippen LogP contribution in [-0.2, 0) is 11.2 Å². The molecule has 0 unspecified atom stereocenters. The predicted octanol–water partition coefficient (Wildman–Crippen LogP) is 3.62. The average Bonchev–Trinajstić information content (AvgIpc) is 2.55. The lowest BCUT2D eigenvalue weighted by atomic mass is 10.1. The second-order valence-electron chi connectivity index (χ2n) is 5.36. The van der Waals surface area contributed by atoms with Gasteiger partial charge in [-0.05, 0) is 24.6 Å². The number of para-hydroxylation sites is 1. The van der Waals surface area contributed by atoms with E-state index in [9.17, 15) is 9.59 Å². The number of hydrogen-bond acceptors (Lipinski definition) is 3. The molecule has 4 nitrogen and oxygen atoms in total. The van der Waals surface area contributed by atoms with Crippen LogP contribution in [-0.4, -0.2) is 16.7 Å². The van der Waals surface area contributed by atoms with Gasteiger partial charge in [-0.2, -0.15) is 0 Å². The van der Waals surface area contributed by atoms with Crippen molar-refractivity contribution < 1.29 is 9.59 Å². The fraction of sp³-hybridized carbons (Fsp3) is 0.105. The summed E-state index contributed by atoms with van der Waals surface area (Å²) in [6.45, 7) is 1.52. The van der Waals surface area contributed by atoms with Crippen LogP contribution in [0, 0.1) is 0 Å². The van der Waals surface area contributed by atoms with Crippen molar-refractivity contribution in [1.29, 1.82) is 0 Å². The molecule has 1 amide bonds. The molecule has 0 saturated heterocycles. The van der Waals surface area contributed by atoms with Gasteiger partial charge in [0, 0.05) is 17.1 Å². The van der Waals surface area contributed by atoms with Crippen LogP contribution in [0.4, 0.5) is 5.69 Å². The molecule has 3 aromatic rings. The number of benzene rings is 2. The number of Topliss-reactive ketones (excluding diaryl/α,β-unsaturated/α-hetero) is 1. The number of anilines is 1. The fourth-order valence-corrected chi connectivity index (χ4v) is 2.44. The zero-order chi connectivity index (χ0) is 16.2. The summed E-state index contributed by atoms with van der Waals surface area (Å²) in [5.74, 6) is -0.0958. The van der Waals surface area contributed by atoms with E-state index in [1.807, 2.05) is 30.3 Å². The smallest absolute Gasteiger partial charge is 0.228 e. The van der Waals surface area contributed by atoms with Crippen molar-refractivity contribution in [3.05, 3.63) is 71.9 Å². The van der Waals surface area contributed by atoms with Crippen LogP contribution < -0.4 is 5.32 Å². The number of ketones is 1. The Bertz CT molecular complexity index is 865. The molecule has 23 heavy (non-hydrogen) atoms. The SMILES string of the molecule is CC(=O)c1ccc(CC(=O)Nc2cccc3cccnc23)cc1. The topological polar surface area (TPSA) is 59.1 Å². The van der Waals surface area contributed by atoms with E-state index < -0.39 is 0 Å². The molecule has 0 radical (unpaired) electrons. The Morgan fingerprint density at radius 2 is 1.74 bits per heavy atom. The van der Waals surface area contributed by atoms with Gasteiger partial charge in [0.25, 0.3) is 0 Å². The van der Waals surface area contributed by atoms with Gasteiger partial charge < -0.3 is 5.32 Å². The van der Waals surface area contributed by atoms with Gasteiger partial charge in [0.2, 0.25) is 5.91 Å². The van der Waals surface area contributed by atoms with E-state index in [0.29, 0.717) is 11.3 Å². The second kappa shape index (κ2) is 6.40. The van der Waals surface area contributed by atoms with E-state index in [1.54, 1.807) is 30.5 Å². The first-order valence-corrected chi connectivity index (χ1v) is 7.37. The third-order valence-corrected chi connectivity index (χ3v) is 3.63. The number of amides is 1. The number of nitrogens with one attached hydrogen (secondary N) is 1. The number of nitrogens with zero attached hydrogens (tertiary/aromatic N) is 1. The summed E-state index contributed by atoms with van der Waals surface area (Å²) in [4.78, 5) is 27.8. The fourth-order valence-electron chi connectivity index (χ4n) is 2.44. The summed E-state index contributed by atoms with van der Waals surface area (Å²) in [7, 11) is 0. The van der Waals surface area contributed by atoms with E-state index >= 15 is 0 Å². The van der Waals surface area contributed by atoms with Gasteiger partial charge in [-0.3, -0.25) is 14.6 Å². The largest absolute Gasteiger partial charge is 0.324 e. The first-order valence-electron chi connectivity index (χ1n) is 7.37. The van der Waals surface area contributed by atoms with Gasteiger partial charge in [0.1, 0.15) is 0 Å². The van der Waals surface area contributed by atoms with Crippen LogP contribution in [0.5, 0.6) is 0 Å². The highest BCUT2D eigenvalue weighted by Gasteiger charge is 2.08. The average molecular weight is 304 g/mol. The molecule has 1 heterocycles. The lowest BCUT2D eigenvalue weighted by Gasteiger charge is -2.08. The first-order chi connectivity index (χ1) is 11.1. The third-order valence-electron chi connectivity index (χ3n) is 3.63. The van der Waals surface area contributed by atoms with Crippen molar-refractivity contribution >= 4 is 28.3 Å². The summed E-state index contributed by atoms with van der Waals surface area (Å²) >= 11 is 0. The van der Waals surface area contributed by atoms with Crippen LogP contribution in [0.25, 0.3) is 10.9 Å². The number of fused-ring (bicyclic) bond motifs is 1. The zero-order valence-corrected chi connectivity index (χ0v) is 12.7. The number of carbonyl (C=O) groups excluding carboxylic acids is 2. The minimum atomic E-state index is -0.112. The second-order valence-corrected chi connectivity index (χ2v) is 5.36. The summed E-state index contributed by atoms with van der Waals surface area (Å²) in [6, 6.07) is 16.6. The molecule has 1 N–H and O–H groups in total. The highest BCUT2D eigenvalue weighted by Crippen LogP contribution is 2.20. The third kappa shape index (κ3) is 3.43. The minimum absolute atomic E-state index is 0.0165. The molecule has 0 saturated carbocycles. The number of hydrogen-bond donors (Lipinski definition) is 1. The number of aromatic nitrogens is 1. The molecule has 0 fully saturated rings. The summed E-state index contributed by atoms with van der Waals surface area (Å²) in [5.41, 5.74) is 2.98. The highest BCUT2D eigenvalue weighted by molar-refractivity contribution is 6.01. The van der Waals surface area contributed by atoms with Gasteiger partial charge in [-0.1, -0.05) is 42.5 Å². The Hall–Kier alpha value is -3.01. The summed E-state index contributed by atoms with van der Waals surface area (Å²) in [6.07, 6.45) is 1.96. The van der Waals surface area contributed by atoms with Crippen molar-refractivity contribution in [3.8, 4) is 0 Å². The molecular formula is C19H16N2O2. The van der Waals surface area contributed by atoms with Crippen LogP contribution >= 0.6 is 0 Å². The molecule has 2 aromatic carbocycles. The van der Waals surface area contributed by atoms with E-state index in [2.05, 4.69) is 10.3 Å². The van der Waals surface area contributed by atoms with Crippen molar-refractivity contribution in [3.63, 3.8) is 0 Å². The van der Waals surface area contributed by atoms with E-state index in [4.69, 9.17) is 0 Å². The quantitative estimate of drug-likeness (QED) is 0.749. The normalized spacial score (nSPS) is 10.5. The maximum Gasteiger partial charge on any atom is 0.228 e.